The van der Waals surface area contributed by atoms with Gasteiger partial charge in [0.05, 0.1) is 0 Å². The number of amides is 1. The summed E-state index contributed by atoms with van der Waals surface area (Å²) in [5.74, 6) is 0.851. The van der Waals surface area contributed by atoms with Gasteiger partial charge >= 0.3 is 0 Å². The number of hydrogen-bond acceptors (Lipinski definition) is 2. The van der Waals surface area contributed by atoms with E-state index in [0.29, 0.717) is 12.3 Å². The van der Waals surface area contributed by atoms with Crippen molar-refractivity contribution in [3.8, 4) is 0 Å². The molecule has 17 heavy (non-hydrogen) atoms. The van der Waals surface area contributed by atoms with E-state index in [9.17, 15) is 4.79 Å². The molecule has 0 aromatic rings. The van der Waals surface area contributed by atoms with Gasteiger partial charge in [-0.2, -0.15) is 0 Å². The molecule has 1 aliphatic rings. The summed E-state index contributed by atoms with van der Waals surface area (Å²) < 4.78 is 0. The van der Waals surface area contributed by atoms with Crippen molar-refractivity contribution >= 4 is 5.91 Å². The molecule has 3 nitrogen and oxygen atoms in total. The van der Waals surface area contributed by atoms with Gasteiger partial charge in [0.15, 0.2) is 0 Å². The number of rotatable bonds is 6. The van der Waals surface area contributed by atoms with Crippen LogP contribution in [0.3, 0.4) is 0 Å². The summed E-state index contributed by atoms with van der Waals surface area (Å²) in [5.41, 5.74) is 6.03. The first kappa shape index (κ1) is 14.5. The van der Waals surface area contributed by atoms with Crippen molar-refractivity contribution in [1.29, 1.82) is 0 Å². The quantitative estimate of drug-likeness (QED) is 0.701. The Morgan fingerprint density at radius 3 is 2.53 bits per heavy atom. The van der Waals surface area contributed by atoms with Gasteiger partial charge in [0.1, 0.15) is 0 Å². The average Bonchev–Trinajstić information content (AvgIpc) is 2.24. The highest BCUT2D eigenvalue weighted by molar-refractivity contribution is 5.77. The van der Waals surface area contributed by atoms with Crippen LogP contribution >= 0.6 is 0 Å². The van der Waals surface area contributed by atoms with Crippen LogP contribution in [0, 0.1) is 5.92 Å². The standard InChI is InChI=1S/C14H28N2O/c1-12(2)7-6-10-16-13(17)11-14(15)8-4-3-5-9-14/h12H,3-11,15H2,1-2H3,(H,16,17). The Balaban J connectivity index is 2.15. The minimum absolute atomic E-state index is 0.137. The molecule has 1 amide bonds. The summed E-state index contributed by atoms with van der Waals surface area (Å²) in [7, 11) is 0. The van der Waals surface area contributed by atoms with Gasteiger partial charge in [-0.15, -0.1) is 0 Å². The molecule has 1 aliphatic carbocycles. The van der Waals surface area contributed by atoms with Crippen LogP contribution in [0.25, 0.3) is 0 Å². The lowest BCUT2D eigenvalue weighted by Gasteiger charge is -2.32. The third-order valence-corrected chi connectivity index (χ3v) is 3.64. The Morgan fingerprint density at radius 1 is 1.29 bits per heavy atom. The lowest BCUT2D eigenvalue weighted by molar-refractivity contribution is -0.122. The molecule has 100 valence electrons. The van der Waals surface area contributed by atoms with Gasteiger partial charge in [0.25, 0.3) is 0 Å². The summed E-state index contributed by atoms with van der Waals surface area (Å²) in [5, 5.41) is 2.99. The smallest absolute Gasteiger partial charge is 0.221 e. The van der Waals surface area contributed by atoms with E-state index in [4.69, 9.17) is 5.73 Å². The summed E-state index contributed by atoms with van der Waals surface area (Å²) in [6.07, 6.45) is 8.39. The van der Waals surface area contributed by atoms with Crippen LogP contribution in [0.15, 0.2) is 0 Å². The van der Waals surface area contributed by atoms with Crippen LogP contribution in [0.4, 0.5) is 0 Å². The van der Waals surface area contributed by atoms with Crippen LogP contribution in [0.2, 0.25) is 0 Å². The van der Waals surface area contributed by atoms with E-state index >= 15 is 0 Å². The van der Waals surface area contributed by atoms with Crippen molar-refractivity contribution in [2.24, 2.45) is 11.7 Å². The summed E-state index contributed by atoms with van der Waals surface area (Å²) in [6, 6.07) is 0. The molecular formula is C14H28N2O. The van der Waals surface area contributed by atoms with Crippen LogP contribution < -0.4 is 11.1 Å². The Labute approximate surface area is 106 Å². The van der Waals surface area contributed by atoms with Crippen molar-refractivity contribution < 1.29 is 4.79 Å². The minimum Gasteiger partial charge on any atom is -0.356 e. The number of nitrogens with two attached hydrogens (primary N) is 1. The summed E-state index contributed by atoms with van der Waals surface area (Å²) in [4.78, 5) is 11.8. The average molecular weight is 240 g/mol. The van der Waals surface area contributed by atoms with Crippen LogP contribution in [-0.4, -0.2) is 18.0 Å². The lowest BCUT2D eigenvalue weighted by atomic mass is 9.80. The van der Waals surface area contributed by atoms with E-state index in [1.165, 1.54) is 25.7 Å². The molecule has 0 spiro atoms. The molecule has 0 bridgehead atoms. The van der Waals surface area contributed by atoms with Gasteiger partial charge < -0.3 is 11.1 Å². The number of hydrogen-bond donors (Lipinski definition) is 2. The van der Waals surface area contributed by atoms with E-state index in [-0.39, 0.29) is 11.4 Å². The highest BCUT2D eigenvalue weighted by atomic mass is 16.1. The molecule has 3 N–H and O–H groups in total. The molecule has 0 atom stereocenters. The molecule has 0 aromatic heterocycles. The Kier molecular flexibility index (Phi) is 5.96. The molecule has 0 aromatic carbocycles. The SMILES string of the molecule is CC(C)CCCNC(=O)CC1(N)CCCCC1. The molecule has 1 fully saturated rings. The molecular weight excluding hydrogens is 212 g/mol. The Morgan fingerprint density at radius 2 is 1.94 bits per heavy atom. The maximum absolute atomic E-state index is 11.8. The van der Waals surface area contributed by atoms with E-state index in [2.05, 4.69) is 19.2 Å². The first-order valence-electron chi connectivity index (χ1n) is 7.07. The zero-order chi connectivity index (χ0) is 12.7. The third kappa shape index (κ3) is 6.06. The largest absolute Gasteiger partial charge is 0.356 e. The van der Waals surface area contributed by atoms with Gasteiger partial charge in [-0.25, -0.2) is 0 Å². The number of carbonyl (C=O) groups is 1. The van der Waals surface area contributed by atoms with Crippen molar-refractivity contribution in [2.75, 3.05) is 6.54 Å². The maximum Gasteiger partial charge on any atom is 0.221 e. The molecule has 0 radical (unpaired) electrons. The predicted molar refractivity (Wildman–Crippen MR) is 71.7 cm³/mol. The van der Waals surface area contributed by atoms with Gasteiger partial charge in [-0.05, 0) is 31.6 Å². The highest BCUT2D eigenvalue weighted by Gasteiger charge is 2.29. The van der Waals surface area contributed by atoms with Gasteiger partial charge in [-0.3, -0.25) is 4.79 Å². The Bertz CT molecular complexity index is 232. The second-order valence-electron chi connectivity index (χ2n) is 5.99. The van der Waals surface area contributed by atoms with Crippen LogP contribution in [-0.2, 0) is 4.79 Å². The van der Waals surface area contributed by atoms with Crippen LogP contribution in [0.1, 0.15) is 65.2 Å². The van der Waals surface area contributed by atoms with Crippen molar-refractivity contribution in [3.63, 3.8) is 0 Å². The maximum atomic E-state index is 11.8. The molecule has 0 unspecified atom stereocenters. The highest BCUT2D eigenvalue weighted by Crippen LogP contribution is 2.28. The monoisotopic (exact) mass is 240 g/mol. The predicted octanol–water partition coefficient (Wildman–Crippen LogP) is 2.59. The fraction of sp³-hybridized carbons (Fsp3) is 0.929. The van der Waals surface area contributed by atoms with Gasteiger partial charge in [0, 0.05) is 18.5 Å². The number of nitrogens with one attached hydrogen (secondary N) is 1. The topological polar surface area (TPSA) is 55.1 Å². The molecule has 1 saturated carbocycles. The van der Waals surface area contributed by atoms with Crippen molar-refractivity contribution in [3.05, 3.63) is 0 Å². The Hall–Kier alpha value is -0.570. The second-order valence-corrected chi connectivity index (χ2v) is 5.99. The number of carbonyl (C=O) groups excluding carboxylic acids is 1. The third-order valence-electron chi connectivity index (χ3n) is 3.64. The van der Waals surface area contributed by atoms with Gasteiger partial charge in [-0.1, -0.05) is 33.1 Å². The van der Waals surface area contributed by atoms with Gasteiger partial charge in [0.2, 0.25) is 5.91 Å². The van der Waals surface area contributed by atoms with Crippen molar-refractivity contribution in [1.82, 2.24) is 5.32 Å². The zero-order valence-corrected chi connectivity index (χ0v) is 11.4. The summed E-state index contributed by atoms with van der Waals surface area (Å²) in [6.45, 7) is 5.21. The first-order valence-corrected chi connectivity index (χ1v) is 7.07. The first-order chi connectivity index (χ1) is 8.02. The normalized spacial score (nSPS) is 19.3. The van der Waals surface area contributed by atoms with E-state index in [0.717, 1.165) is 25.8 Å². The molecule has 0 heterocycles. The van der Waals surface area contributed by atoms with E-state index < -0.39 is 0 Å². The summed E-state index contributed by atoms with van der Waals surface area (Å²) >= 11 is 0. The second kappa shape index (κ2) is 7.00. The van der Waals surface area contributed by atoms with E-state index in [1.54, 1.807) is 0 Å². The minimum atomic E-state index is -0.222. The molecule has 0 aliphatic heterocycles. The molecule has 0 saturated heterocycles. The van der Waals surface area contributed by atoms with E-state index in [1.807, 2.05) is 0 Å². The fourth-order valence-electron chi connectivity index (χ4n) is 2.55. The zero-order valence-electron chi connectivity index (χ0n) is 11.4. The molecule has 3 heteroatoms. The van der Waals surface area contributed by atoms with Crippen LogP contribution in [0.5, 0.6) is 0 Å². The molecule has 1 rings (SSSR count). The lowest BCUT2D eigenvalue weighted by Crippen LogP contribution is -2.46. The van der Waals surface area contributed by atoms with Crippen molar-refractivity contribution in [2.45, 2.75) is 70.8 Å². The fourth-order valence-corrected chi connectivity index (χ4v) is 2.55.